The van der Waals surface area contributed by atoms with Crippen molar-refractivity contribution in [1.29, 1.82) is 0 Å². The Morgan fingerprint density at radius 1 is 0.471 bits per heavy atom. The van der Waals surface area contributed by atoms with E-state index in [9.17, 15) is 43.2 Å². The molecule has 1 aliphatic heterocycles. The lowest BCUT2D eigenvalue weighted by molar-refractivity contribution is -0.319. The molecule has 0 unspecified atom stereocenters. The number of carbonyl (C=O) groups excluding carboxylic acids is 9. The highest BCUT2D eigenvalue weighted by Crippen LogP contribution is 2.32. The number of hydrogen-bond acceptors (Lipinski definition) is 18. The molecule has 2 N–H and O–H groups in total. The van der Waals surface area contributed by atoms with Gasteiger partial charge in [-0.25, -0.2) is 0 Å². The molecule has 0 bridgehead atoms. The smallest absolute Gasteiger partial charge is 0.305 e. The molecule has 1 heterocycles. The van der Waals surface area contributed by atoms with Gasteiger partial charge in [-0.1, -0.05) is 89.9 Å². The monoisotopic (exact) mass is 1000 g/mol. The Labute approximate surface area is 414 Å². The lowest BCUT2D eigenvalue weighted by Gasteiger charge is -2.45. The molecule has 0 saturated carbocycles. The summed E-state index contributed by atoms with van der Waals surface area (Å²) in [7, 11) is 0. The number of amides is 2. The zero-order chi connectivity index (χ0) is 52.4. The molecule has 0 aliphatic carbocycles. The fourth-order valence-electron chi connectivity index (χ4n) is 8.20. The van der Waals surface area contributed by atoms with Crippen molar-refractivity contribution >= 4 is 53.6 Å². The quantitative estimate of drug-likeness (QED) is 0.0392. The minimum Gasteiger partial charge on any atom is -0.466 e. The molecule has 0 aromatic heterocycles. The van der Waals surface area contributed by atoms with Crippen LogP contribution in [0, 0.1) is 0 Å². The molecule has 9 atom stereocenters. The number of esters is 7. The van der Waals surface area contributed by atoms with Gasteiger partial charge in [-0.2, -0.15) is 0 Å². The fraction of sp³-hybridized carbons (Fsp3) is 0.820. The summed E-state index contributed by atoms with van der Waals surface area (Å²) in [5, 5.41) is 5.56. The molecule has 1 rings (SSSR count). The zero-order valence-electron chi connectivity index (χ0n) is 43.3. The van der Waals surface area contributed by atoms with Crippen LogP contribution in [0.3, 0.4) is 0 Å². The van der Waals surface area contributed by atoms with Gasteiger partial charge in [0.15, 0.2) is 24.6 Å². The predicted molar refractivity (Wildman–Crippen MR) is 253 cm³/mol. The Morgan fingerprint density at radius 2 is 0.929 bits per heavy atom. The standard InChI is InChI=1S/C50H84N2O18/c1-33(51-34(2)53)43(65-38(6)57)27-23-20-18-21-25-29-46(61)62-30-26-22-17-15-13-11-10-12-14-16-19-24-28-44(42(52-35(3)54)31-63-36(4)55)69-50-49(68-41(9)60)48(67-40(8)59)47(66-39(7)58)45(70-50)32-64-37(5)56/h33,42-45,47-50H,10-32H2,1-9H3,(H,51,53)(H,52,54)/t33-,42-,43-,44-,45-,47+,48+,49-,50-/m1/s1. The molecule has 1 saturated heterocycles. The summed E-state index contributed by atoms with van der Waals surface area (Å²) in [5.41, 5.74) is 0. The van der Waals surface area contributed by atoms with E-state index in [1.807, 2.05) is 6.92 Å². The van der Waals surface area contributed by atoms with Crippen molar-refractivity contribution in [3.05, 3.63) is 0 Å². The first-order chi connectivity index (χ1) is 33.2. The van der Waals surface area contributed by atoms with E-state index in [-0.39, 0.29) is 36.6 Å². The predicted octanol–water partition coefficient (Wildman–Crippen LogP) is 6.32. The Morgan fingerprint density at radius 3 is 1.41 bits per heavy atom. The Bertz CT molecular complexity index is 1610. The van der Waals surface area contributed by atoms with Crippen molar-refractivity contribution in [2.45, 2.75) is 246 Å². The highest BCUT2D eigenvalue weighted by Gasteiger charge is 2.53. The van der Waals surface area contributed by atoms with Crippen molar-refractivity contribution in [3.63, 3.8) is 0 Å². The van der Waals surface area contributed by atoms with Gasteiger partial charge in [-0.3, -0.25) is 43.2 Å². The van der Waals surface area contributed by atoms with Crippen molar-refractivity contribution in [2.75, 3.05) is 19.8 Å². The first-order valence-electron chi connectivity index (χ1n) is 25.2. The van der Waals surface area contributed by atoms with E-state index in [0.29, 0.717) is 32.3 Å². The molecule has 1 aliphatic rings. The SMILES string of the molecule is CC(=O)N[C@H](C)[C@@H](CCCCCCCC(=O)OCCCCCCCCCCCCCC[C@@H](O[C@@H]1O[C@H](COC(C)=O)[C@H](OC(C)=O)[C@H](OC(C)=O)[C@H]1OC(C)=O)[C@@H](COC(C)=O)NC(C)=O)OC(C)=O. The second kappa shape index (κ2) is 37.0. The van der Waals surface area contributed by atoms with Crippen LogP contribution in [0.2, 0.25) is 0 Å². The van der Waals surface area contributed by atoms with Crippen molar-refractivity contribution < 1.29 is 85.8 Å². The van der Waals surface area contributed by atoms with Crippen LogP contribution in [0.4, 0.5) is 0 Å². The maximum atomic E-state index is 12.4. The van der Waals surface area contributed by atoms with E-state index < -0.39 is 85.2 Å². The van der Waals surface area contributed by atoms with Gasteiger partial charge in [0.2, 0.25) is 11.8 Å². The van der Waals surface area contributed by atoms with Gasteiger partial charge in [0.05, 0.1) is 24.8 Å². The third-order valence-electron chi connectivity index (χ3n) is 11.4. The number of unbranched alkanes of at least 4 members (excludes halogenated alkanes) is 15. The van der Waals surface area contributed by atoms with Crippen LogP contribution >= 0.6 is 0 Å². The topological polar surface area (TPSA) is 261 Å². The molecule has 70 heavy (non-hydrogen) atoms. The second-order valence-corrected chi connectivity index (χ2v) is 18.0. The number of ether oxygens (including phenoxy) is 9. The molecule has 20 nitrogen and oxygen atoms in total. The molecule has 1 fully saturated rings. The van der Waals surface area contributed by atoms with Crippen LogP contribution in [-0.2, 0) is 85.8 Å². The van der Waals surface area contributed by atoms with E-state index in [1.54, 1.807) is 0 Å². The highest BCUT2D eigenvalue weighted by molar-refractivity contribution is 5.74. The summed E-state index contributed by atoms with van der Waals surface area (Å²) in [5.74, 6) is -4.74. The lowest BCUT2D eigenvalue weighted by atomic mass is 9.97. The van der Waals surface area contributed by atoms with Crippen LogP contribution < -0.4 is 10.6 Å². The average molecular weight is 1000 g/mol. The molecule has 0 radical (unpaired) electrons. The first kappa shape index (κ1) is 63.2. The van der Waals surface area contributed by atoms with Gasteiger partial charge in [0, 0.05) is 61.8 Å². The maximum Gasteiger partial charge on any atom is 0.305 e. The van der Waals surface area contributed by atoms with Crippen LogP contribution in [0.15, 0.2) is 0 Å². The third-order valence-corrected chi connectivity index (χ3v) is 11.4. The van der Waals surface area contributed by atoms with E-state index in [0.717, 1.165) is 124 Å². The lowest BCUT2D eigenvalue weighted by Crippen LogP contribution is -2.64. The van der Waals surface area contributed by atoms with Gasteiger partial charge >= 0.3 is 41.8 Å². The van der Waals surface area contributed by atoms with Crippen molar-refractivity contribution in [2.24, 2.45) is 0 Å². The summed E-state index contributed by atoms with van der Waals surface area (Å²) in [6.07, 6.45) is 9.45. The first-order valence-corrected chi connectivity index (χ1v) is 25.2. The average Bonchev–Trinajstić information content (AvgIpc) is 3.25. The van der Waals surface area contributed by atoms with Gasteiger partial charge in [-0.05, 0) is 39.0 Å². The Hall–Kier alpha value is -4.85. The molecule has 0 aromatic rings. The van der Waals surface area contributed by atoms with Crippen LogP contribution in [0.5, 0.6) is 0 Å². The minimum atomic E-state index is -1.49. The summed E-state index contributed by atoms with van der Waals surface area (Å²) >= 11 is 0. The van der Waals surface area contributed by atoms with Gasteiger partial charge in [-0.15, -0.1) is 0 Å². The molecule has 0 spiro atoms. The number of carbonyl (C=O) groups is 9. The zero-order valence-corrected chi connectivity index (χ0v) is 43.3. The molecule has 20 heteroatoms. The van der Waals surface area contributed by atoms with Crippen LogP contribution in [0.25, 0.3) is 0 Å². The van der Waals surface area contributed by atoms with E-state index in [2.05, 4.69) is 10.6 Å². The molecular formula is C50H84N2O18. The molecule has 0 aromatic carbocycles. The largest absolute Gasteiger partial charge is 0.466 e. The summed E-state index contributed by atoms with van der Waals surface area (Å²) in [6, 6.07) is -1.13. The minimum absolute atomic E-state index is 0.163. The molecule has 402 valence electrons. The molecular weight excluding hydrogens is 917 g/mol. The summed E-state index contributed by atoms with van der Waals surface area (Å²) < 4.78 is 50.5. The Balaban J connectivity index is 2.55. The summed E-state index contributed by atoms with van der Waals surface area (Å²) in [6.45, 7) is 11.4. The van der Waals surface area contributed by atoms with E-state index >= 15 is 0 Å². The number of rotatable bonds is 37. The van der Waals surface area contributed by atoms with Crippen molar-refractivity contribution in [3.8, 4) is 0 Å². The van der Waals surface area contributed by atoms with Crippen molar-refractivity contribution in [1.82, 2.24) is 10.6 Å². The third kappa shape index (κ3) is 30.7. The second-order valence-electron chi connectivity index (χ2n) is 18.0. The van der Waals surface area contributed by atoms with Crippen LogP contribution in [-0.4, -0.2) is 128 Å². The number of nitrogens with one attached hydrogen (secondary N) is 2. The van der Waals surface area contributed by atoms with E-state index in [4.69, 9.17) is 42.6 Å². The van der Waals surface area contributed by atoms with E-state index in [1.165, 1.54) is 34.6 Å². The normalized spacial score (nSPS) is 19.2. The maximum absolute atomic E-state index is 12.4. The fourth-order valence-corrected chi connectivity index (χ4v) is 8.20. The molecule has 2 amide bonds. The number of hydrogen-bond donors (Lipinski definition) is 2. The van der Waals surface area contributed by atoms with Gasteiger partial charge < -0.3 is 53.3 Å². The van der Waals surface area contributed by atoms with Crippen LogP contribution in [0.1, 0.15) is 191 Å². The van der Waals surface area contributed by atoms with Gasteiger partial charge in [0.25, 0.3) is 0 Å². The van der Waals surface area contributed by atoms with Gasteiger partial charge in [0.1, 0.15) is 25.4 Å². The highest BCUT2D eigenvalue weighted by atomic mass is 16.7. The Kier molecular flexibility index (Phi) is 33.4. The summed E-state index contributed by atoms with van der Waals surface area (Å²) in [4.78, 5) is 108.